The molecular formula is C45H28N4O2. The first-order chi connectivity index (χ1) is 25.1. The minimum absolute atomic E-state index is 0.289. The van der Waals surface area contributed by atoms with Crippen LogP contribution in [0.15, 0.2) is 152 Å². The summed E-state index contributed by atoms with van der Waals surface area (Å²) in [6.45, 7) is 0. The number of nitrogens with zero attached hydrogens (tertiary/aromatic N) is 4. The van der Waals surface area contributed by atoms with Gasteiger partial charge in [0.25, 0.3) is 11.8 Å². The zero-order valence-electron chi connectivity index (χ0n) is 27.5. The zero-order chi connectivity index (χ0) is 34.0. The first-order valence-corrected chi connectivity index (χ1v) is 17.1. The Morgan fingerprint density at radius 1 is 0.353 bits per heavy atom. The second kappa shape index (κ2) is 10.1. The molecule has 0 fully saturated rings. The summed E-state index contributed by atoms with van der Waals surface area (Å²) in [5.41, 5.74) is 9.75. The van der Waals surface area contributed by atoms with Gasteiger partial charge < -0.3 is 13.7 Å². The van der Waals surface area contributed by atoms with Crippen molar-refractivity contribution in [3.63, 3.8) is 0 Å². The molecule has 0 spiro atoms. The van der Waals surface area contributed by atoms with Gasteiger partial charge in [-0.15, -0.1) is 0 Å². The van der Waals surface area contributed by atoms with Gasteiger partial charge in [-0.2, -0.15) is 0 Å². The lowest BCUT2D eigenvalue weighted by Gasteiger charge is -2.18. The quantitative estimate of drug-likeness (QED) is 0.178. The fourth-order valence-corrected chi connectivity index (χ4v) is 8.62. The number of carbonyl (C=O) groups is 2. The number of benzene rings is 7. The van der Waals surface area contributed by atoms with E-state index in [4.69, 9.17) is 0 Å². The highest BCUT2D eigenvalue weighted by Crippen LogP contribution is 2.44. The number of amides is 2. The molecule has 0 radical (unpaired) electrons. The van der Waals surface area contributed by atoms with Crippen molar-refractivity contribution in [3.8, 4) is 17.1 Å². The molecule has 240 valence electrons. The van der Waals surface area contributed by atoms with E-state index in [2.05, 4.69) is 147 Å². The molecule has 0 saturated heterocycles. The maximum atomic E-state index is 14.0. The second-order valence-corrected chi connectivity index (χ2v) is 13.3. The molecule has 10 aromatic rings. The van der Waals surface area contributed by atoms with Crippen molar-refractivity contribution < 1.29 is 9.59 Å². The summed E-state index contributed by atoms with van der Waals surface area (Å²) < 4.78 is 6.92. The molecule has 51 heavy (non-hydrogen) atoms. The maximum absolute atomic E-state index is 14.0. The number of imide groups is 1. The van der Waals surface area contributed by atoms with Crippen LogP contribution in [0.25, 0.3) is 82.5 Å². The summed E-state index contributed by atoms with van der Waals surface area (Å²) in [4.78, 5) is 28.7. The maximum Gasteiger partial charge on any atom is 0.263 e. The van der Waals surface area contributed by atoms with E-state index in [1.165, 1.54) is 26.4 Å². The number of rotatable bonds is 3. The molecule has 0 atom stereocenters. The molecule has 0 bridgehead atoms. The minimum atomic E-state index is -0.302. The Balaban J connectivity index is 1.38. The van der Waals surface area contributed by atoms with Gasteiger partial charge in [-0.25, -0.2) is 0 Å². The summed E-state index contributed by atoms with van der Waals surface area (Å²) in [6.07, 6.45) is 0. The predicted octanol–water partition coefficient (Wildman–Crippen LogP) is 10.2. The molecule has 4 heterocycles. The number of hydrogen-bond acceptors (Lipinski definition) is 2. The van der Waals surface area contributed by atoms with E-state index < -0.39 is 0 Å². The van der Waals surface area contributed by atoms with Gasteiger partial charge in [0.1, 0.15) is 0 Å². The summed E-state index contributed by atoms with van der Waals surface area (Å²) in [5, 5.41) is 6.77. The first kappa shape index (κ1) is 28.0. The third kappa shape index (κ3) is 3.55. The molecule has 1 aliphatic rings. The molecule has 11 rings (SSSR count). The average molecular weight is 657 g/mol. The summed E-state index contributed by atoms with van der Waals surface area (Å²) >= 11 is 0. The molecule has 3 aromatic heterocycles. The third-order valence-electron chi connectivity index (χ3n) is 10.7. The Hall–Kier alpha value is -6.92. The van der Waals surface area contributed by atoms with Crippen LogP contribution in [0.1, 0.15) is 20.7 Å². The van der Waals surface area contributed by atoms with Crippen LogP contribution in [0.5, 0.6) is 0 Å². The molecule has 7 aromatic carbocycles. The van der Waals surface area contributed by atoms with Gasteiger partial charge in [-0.1, -0.05) is 103 Å². The third-order valence-corrected chi connectivity index (χ3v) is 10.7. The van der Waals surface area contributed by atoms with E-state index >= 15 is 0 Å². The van der Waals surface area contributed by atoms with Gasteiger partial charge in [0, 0.05) is 39.4 Å². The van der Waals surface area contributed by atoms with Gasteiger partial charge >= 0.3 is 0 Å². The van der Waals surface area contributed by atoms with E-state index in [9.17, 15) is 9.59 Å². The molecule has 6 nitrogen and oxygen atoms in total. The Bertz CT molecular complexity index is 2880. The SMILES string of the molecule is CN1C(=O)c2cccc(-n3c4c(-n5c6ccccc6c6ccccc65)cccc4c4cccc(-n5c6ccccc6c6ccccc65)c43)c2C1=O. The van der Waals surface area contributed by atoms with Crippen LogP contribution in [0.3, 0.4) is 0 Å². The Labute approximate surface area is 291 Å². The van der Waals surface area contributed by atoms with E-state index in [1.807, 2.05) is 12.1 Å². The van der Waals surface area contributed by atoms with Crippen LogP contribution in [-0.2, 0) is 0 Å². The van der Waals surface area contributed by atoms with Crippen LogP contribution < -0.4 is 0 Å². The van der Waals surface area contributed by atoms with Crippen LogP contribution in [0.2, 0.25) is 0 Å². The van der Waals surface area contributed by atoms with Gasteiger partial charge in [-0.05, 0) is 48.5 Å². The lowest BCUT2D eigenvalue weighted by atomic mass is 10.1. The molecule has 0 N–H and O–H groups in total. The van der Waals surface area contributed by atoms with Crippen LogP contribution in [-0.4, -0.2) is 37.5 Å². The smallest absolute Gasteiger partial charge is 0.263 e. The first-order valence-electron chi connectivity index (χ1n) is 17.1. The Kier molecular flexibility index (Phi) is 5.52. The molecule has 1 aliphatic heterocycles. The van der Waals surface area contributed by atoms with Crippen molar-refractivity contribution in [1.29, 1.82) is 0 Å². The number of hydrogen-bond donors (Lipinski definition) is 0. The van der Waals surface area contributed by atoms with Crippen LogP contribution >= 0.6 is 0 Å². The second-order valence-electron chi connectivity index (χ2n) is 13.3. The molecule has 0 aliphatic carbocycles. The number of aromatic nitrogens is 3. The molecule has 0 saturated carbocycles. The molecule has 0 unspecified atom stereocenters. The topological polar surface area (TPSA) is 52.2 Å². The van der Waals surface area contributed by atoms with Crippen LogP contribution in [0, 0.1) is 0 Å². The molecule has 6 heteroatoms. The van der Waals surface area contributed by atoms with Gasteiger partial charge in [0.2, 0.25) is 0 Å². The van der Waals surface area contributed by atoms with Crippen molar-refractivity contribution in [2.45, 2.75) is 0 Å². The van der Waals surface area contributed by atoms with Gasteiger partial charge in [-0.3, -0.25) is 14.5 Å². The monoisotopic (exact) mass is 656 g/mol. The predicted molar refractivity (Wildman–Crippen MR) is 206 cm³/mol. The molecule has 2 amide bonds. The number of para-hydroxylation sites is 6. The number of carbonyl (C=O) groups excluding carboxylic acids is 2. The van der Waals surface area contributed by atoms with Crippen molar-refractivity contribution in [3.05, 3.63) is 163 Å². The van der Waals surface area contributed by atoms with Gasteiger partial charge in [0.05, 0.1) is 61.3 Å². The van der Waals surface area contributed by atoms with Crippen molar-refractivity contribution in [2.75, 3.05) is 7.05 Å². The lowest BCUT2D eigenvalue weighted by molar-refractivity contribution is 0.0693. The van der Waals surface area contributed by atoms with E-state index in [0.717, 1.165) is 55.2 Å². The van der Waals surface area contributed by atoms with Gasteiger partial charge in [0.15, 0.2) is 0 Å². The summed E-state index contributed by atoms with van der Waals surface area (Å²) in [6, 6.07) is 52.6. The summed E-state index contributed by atoms with van der Waals surface area (Å²) in [5.74, 6) is -0.591. The fourth-order valence-electron chi connectivity index (χ4n) is 8.62. The van der Waals surface area contributed by atoms with E-state index in [-0.39, 0.29) is 11.8 Å². The number of fused-ring (bicyclic) bond motifs is 10. The average Bonchev–Trinajstić information content (AvgIpc) is 3.88. The Morgan fingerprint density at radius 2 is 0.725 bits per heavy atom. The van der Waals surface area contributed by atoms with Crippen molar-refractivity contribution in [1.82, 2.24) is 18.6 Å². The van der Waals surface area contributed by atoms with E-state index in [0.29, 0.717) is 16.8 Å². The normalized spacial score (nSPS) is 13.2. The Morgan fingerprint density at radius 3 is 1.18 bits per heavy atom. The van der Waals surface area contributed by atoms with Crippen LogP contribution in [0.4, 0.5) is 0 Å². The highest BCUT2D eigenvalue weighted by atomic mass is 16.2. The minimum Gasteiger partial charge on any atom is -0.307 e. The lowest BCUT2D eigenvalue weighted by Crippen LogP contribution is -2.24. The summed E-state index contributed by atoms with van der Waals surface area (Å²) in [7, 11) is 1.56. The largest absolute Gasteiger partial charge is 0.307 e. The molecular weight excluding hydrogens is 629 g/mol. The van der Waals surface area contributed by atoms with Crippen molar-refractivity contribution in [2.24, 2.45) is 0 Å². The van der Waals surface area contributed by atoms with E-state index in [1.54, 1.807) is 13.1 Å². The highest BCUT2D eigenvalue weighted by Gasteiger charge is 2.36. The van der Waals surface area contributed by atoms with Crippen molar-refractivity contribution >= 4 is 77.2 Å². The highest BCUT2D eigenvalue weighted by molar-refractivity contribution is 6.24. The zero-order valence-corrected chi connectivity index (χ0v) is 27.5. The standard InChI is InChI=1S/C45H28N4O2/c1-46-44(50)33-19-12-24-38(41(33)45(46)51)49-42-31(17-10-25-39(42)47-34-20-6-2-13-27(34)28-14-3-7-21-35(28)47)32-18-11-26-40(43(32)49)48-36-22-8-4-15-29(36)30-16-5-9-23-37(30)48/h2-26H,1H3. The fraction of sp³-hybridized carbons (Fsp3) is 0.0222.